The second-order valence-electron chi connectivity index (χ2n) is 5.72. The van der Waals surface area contributed by atoms with Gasteiger partial charge in [-0.1, -0.05) is 45.7 Å². The molecule has 0 amide bonds. The van der Waals surface area contributed by atoms with Crippen molar-refractivity contribution in [3.05, 3.63) is 34.5 Å². The van der Waals surface area contributed by atoms with Crippen molar-refractivity contribution in [2.24, 2.45) is 5.92 Å². The van der Waals surface area contributed by atoms with Crippen molar-refractivity contribution in [2.75, 3.05) is 0 Å². The minimum absolute atomic E-state index is 0.604. The zero-order chi connectivity index (χ0) is 14.0. The maximum absolute atomic E-state index is 6.16. The minimum atomic E-state index is 0.604. The number of aryl methyl sites for hydroxylation is 1. The van der Waals surface area contributed by atoms with Gasteiger partial charge in [0.15, 0.2) is 0 Å². The Morgan fingerprint density at radius 1 is 1.21 bits per heavy atom. The molecule has 0 saturated carbocycles. The van der Waals surface area contributed by atoms with Crippen molar-refractivity contribution in [3.8, 4) is 0 Å². The van der Waals surface area contributed by atoms with E-state index in [0.29, 0.717) is 11.8 Å². The average Bonchev–Trinajstić information content (AvgIpc) is 2.69. The van der Waals surface area contributed by atoms with E-state index in [0.717, 1.165) is 11.4 Å². The SMILES string of the molecule is CCCc1c(C(CC)C(C)C)[nH]c2ccc(Cl)cc12. The van der Waals surface area contributed by atoms with Crippen LogP contribution in [0.4, 0.5) is 0 Å². The molecule has 0 spiro atoms. The van der Waals surface area contributed by atoms with Crippen molar-refractivity contribution in [1.29, 1.82) is 0 Å². The molecular weight excluding hydrogens is 254 g/mol. The van der Waals surface area contributed by atoms with E-state index in [9.17, 15) is 0 Å². The van der Waals surface area contributed by atoms with E-state index in [4.69, 9.17) is 11.6 Å². The number of nitrogens with one attached hydrogen (secondary N) is 1. The second kappa shape index (κ2) is 6.00. The Labute approximate surface area is 121 Å². The summed E-state index contributed by atoms with van der Waals surface area (Å²) in [5.74, 6) is 1.26. The number of fused-ring (bicyclic) bond motifs is 1. The van der Waals surface area contributed by atoms with Gasteiger partial charge in [-0.05, 0) is 42.5 Å². The molecule has 0 aliphatic rings. The van der Waals surface area contributed by atoms with Crippen molar-refractivity contribution < 1.29 is 0 Å². The molecule has 2 rings (SSSR count). The summed E-state index contributed by atoms with van der Waals surface area (Å²) >= 11 is 6.16. The second-order valence-corrected chi connectivity index (χ2v) is 6.15. The lowest BCUT2D eigenvalue weighted by Crippen LogP contribution is -2.08. The van der Waals surface area contributed by atoms with Crippen LogP contribution in [0.1, 0.15) is 57.7 Å². The van der Waals surface area contributed by atoms with Crippen LogP contribution in [0.15, 0.2) is 18.2 Å². The number of benzene rings is 1. The molecule has 0 radical (unpaired) electrons. The van der Waals surface area contributed by atoms with Crippen LogP contribution in [-0.2, 0) is 6.42 Å². The lowest BCUT2D eigenvalue weighted by atomic mass is 9.87. The summed E-state index contributed by atoms with van der Waals surface area (Å²) in [7, 11) is 0. The third kappa shape index (κ3) is 2.81. The highest BCUT2D eigenvalue weighted by atomic mass is 35.5. The molecule has 0 bridgehead atoms. The molecule has 1 N–H and O–H groups in total. The third-order valence-corrected chi connectivity index (χ3v) is 4.25. The van der Waals surface area contributed by atoms with E-state index in [2.05, 4.69) is 44.8 Å². The van der Waals surface area contributed by atoms with Crippen LogP contribution in [0.3, 0.4) is 0 Å². The fourth-order valence-corrected chi connectivity index (χ4v) is 3.26. The first kappa shape index (κ1) is 14.5. The molecule has 1 heterocycles. The topological polar surface area (TPSA) is 15.8 Å². The number of aromatic amines is 1. The number of H-pyrrole nitrogens is 1. The quantitative estimate of drug-likeness (QED) is 0.698. The largest absolute Gasteiger partial charge is 0.358 e. The summed E-state index contributed by atoms with van der Waals surface area (Å²) in [6, 6.07) is 6.18. The fraction of sp³-hybridized carbons (Fsp3) is 0.529. The molecular formula is C17H24ClN. The van der Waals surface area contributed by atoms with Gasteiger partial charge in [-0.25, -0.2) is 0 Å². The highest BCUT2D eigenvalue weighted by Crippen LogP contribution is 2.35. The molecule has 0 aliphatic carbocycles. The zero-order valence-corrected chi connectivity index (χ0v) is 13.1. The van der Waals surface area contributed by atoms with Gasteiger partial charge >= 0.3 is 0 Å². The average molecular weight is 278 g/mol. The predicted octanol–water partition coefficient (Wildman–Crippen LogP) is 5.92. The molecule has 0 fully saturated rings. The van der Waals surface area contributed by atoms with E-state index < -0.39 is 0 Å². The molecule has 1 atom stereocenters. The minimum Gasteiger partial charge on any atom is -0.358 e. The highest BCUT2D eigenvalue weighted by Gasteiger charge is 2.21. The van der Waals surface area contributed by atoms with E-state index in [1.807, 2.05) is 6.07 Å². The number of rotatable bonds is 5. The van der Waals surface area contributed by atoms with E-state index in [1.54, 1.807) is 0 Å². The maximum atomic E-state index is 6.16. The van der Waals surface area contributed by atoms with E-state index in [-0.39, 0.29) is 0 Å². The van der Waals surface area contributed by atoms with Crippen molar-refractivity contribution in [3.63, 3.8) is 0 Å². The monoisotopic (exact) mass is 277 g/mol. The van der Waals surface area contributed by atoms with Gasteiger partial charge in [0.05, 0.1) is 0 Å². The molecule has 2 heteroatoms. The molecule has 19 heavy (non-hydrogen) atoms. The van der Waals surface area contributed by atoms with Gasteiger partial charge in [-0.3, -0.25) is 0 Å². The summed E-state index contributed by atoms with van der Waals surface area (Å²) in [4.78, 5) is 3.65. The van der Waals surface area contributed by atoms with Gasteiger partial charge < -0.3 is 4.98 Å². The number of hydrogen-bond acceptors (Lipinski definition) is 0. The predicted molar refractivity (Wildman–Crippen MR) is 85.2 cm³/mol. The van der Waals surface area contributed by atoms with Crippen LogP contribution in [-0.4, -0.2) is 4.98 Å². The lowest BCUT2D eigenvalue weighted by molar-refractivity contribution is 0.474. The summed E-state index contributed by atoms with van der Waals surface area (Å²) in [5.41, 5.74) is 4.12. The number of hydrogen-bond donors (Lipinski definition) is 1. The standard InChI is InChI=1S/C17H24ClN/c1-5-7-14-15-10-12(18)8-9-16(15)19-17(14)13(6-2)11(3)4/h8-11,13,19H,5-7H2,1-4H3. The van der Waals surface area contributed by atoms with Gasteiger partial charge in [0.1, 0.15) is 0 Å². The van der Waals surface area contributed by atoms with Crippen LogP contribution in [0.25, 0.3) is 10.9 Å². The summed E-state index contributed by atoms with van der Waals surface area (Å²) < 4.78 is 0. The molecule has 1 unspecified atom stereocenters. The van der Waals surface area contributed by atoms with Crippen LogP contribution < -0.4 is 0 Å². The van der Waals surface area contributed by atoms with Gasteiger partial charge in [0.2, 0.25) is 0 Å². The van der Waals surface area contributed by atoms with Gasteiger partial charge in [-0.15, -0.1) is 0 Å². The van der Waals surface area contributed by atoms with Crippen LogP contribution in [0, 0.1) is 5.92 Å². The Balaban J connectivity index is 2.62. The Morgan fingerprint density at radius 2 is 1.95 bits per heavy atom. The first-order chi connectivity index (χ1) is 9.08. The van der Waals surface area contributed by atoms with E-state index in [1.165, 1.54) is 35.0 Å². The highest BCUT2D eigenvalue weighted by molar-refractivity contribution is 6.31. The summed E-state index contributed by atoms with van der Waals surface area (Å²) in [6.07, 6.45) is 3.47. The lowest BCUT2D eigenvalue weighted by Gasteiger charge is -2.19. The molecule has 2 aromatic rings. The molecule has 1 aromatic heterocycles. The van der Waals surface area contributed by atoms with Crippen molar-refractivity contribution in [1.82, 2.24) is 4.98 Å². The Bertz CT molecular complexity index is 554. The maximum Gasteiger partial charge on any atom is 0.0460 e. The molecule has 104 valence electrons. The first-order valence-electron chi connectivity index (χ1n) is 7.38. The molecule has 0 aliphatic heterocycles. The Kier molecular flexibility index (Phi) is 4.57. The van der Waals surface area contributed by atoms with Gasteiger partial charge in [0.25, 0.3) is 0 Å². The molecule has 0 saturated heterocycles. The van der Waals surface area contributed by atoms with Crippen molar-refractivity contribution in [2.45, 2.75) is 52.9 Å². The fourth-order valence-electron chi connectivity index (χ4n) is 3.09. The Hall–Kier alpha value is -0.950. The van der Waals surface area contributed by atoms with Crippen LogP contribution >= 0.6 is 11.6 Å². The zero-order valence-electron chi connectivity index (χ0n) is 12.4. The number of halogens is 1. The van der Waals surface area contributed by atoms with Crippen molar-refractivity contribution >= 4 is 22.5 Å². The van der Waals surface area contributed by atoms with E-state index >= 15 is 0 Å². The van der Waals surface area contributed by atoms with Crippen LogP contribution in [0.2, 0.25) is 5.02 Å². The Morgan fingerprint density at radius 3 is 2.53 bits per heavy atom. The summed E-state index contributed by atoms with van der Waals surface area (Å²) in [6.45, 7) is 9.13. The number of aromatic nitrogens is 1. The van der Waals surface area contributed by atoms with Crippen LogP contribution in [0.5, 0.6) is 0 Å². The third-order valence-electron chi connectivity index (χ3n) is 4.02. The first-order valence-corrected chi connectivity index (χ1v) is 7.76. The normalized spacial score (nSPS) is 13.4. The van der Waals surface area contributed by atoms with Gasteiger partial charge in [0, 0.05) is 27.5 Å². The smallest absolute Gasteiger partial charge is 0.0460 e. The molecule has 1 nitrogen and oxygen atoms in total. The van der Waals surface area contributed by atoms with Gasteiger partial charge in [-0.2, -0.15) is 0 Å². The summed E-state index contributed by atoms with van der Waals surface area (Å²) in [5, 5.41) is 2.14. The molecule has 1 aromatic carbocycles.